The van der Waals surface area contributed by atoms with E-state index in [2.05, 4.69) is 15.5 Å². The van der Waals surface area contributed by atoms with Gasteiger partial charge in [0.2, 0.25) is 5.91 Å². The van der Waals surface area contributed by atoms with Crippen molar-refractivity contribution in [3.63, 3.8) is 0 Å². The molecule has 1 atom stereocenters. The van der Waals surface area contributed by atoms with Gasteiger partial charge in [-0.1, -0.05) is 18.2 Å². The monoisotopic (exact) mass is 298 g/mol. The molecule has 6 heteroatoms. The Bertz CT molecular complexity index is 735. The standard InChI is InChI=1S/C16H18N4O2/c21-15(17-10-7-8-10)13-6-3-9-20(13)16(22)14-11-4-1-2-5-12(11)18-19-14/h1-2,4-5,10,13H,3,6-9H2,(H,17,21)(H,18,19)/t13-/m1/s1. The van der Waals surface area contributed by atoms with Gasteiger partial charge in [-0.3, -0.25) is 14.7 Å². The number of carbonyl (C=O) groups is 2. The second-order valence-electron chi connectivity index (χ2n) is 6.06. The third-order valence-electron chi connectivity index (χ3n) is 4.41. The van der Waals surface area contributed by atoms with E-state index in [1.54, 1.807) is 4.90 Å². The Morgan fingerprint density at radius 3 is 2.86 bits per heavy atom. The van der Waals surface area contributed by atoms with Crippen molar-refractivity contribution in [2.24, 2.45) is 0 Å². The SMILES string of the molecule is O=C(NC1CC1)[C@H]1CCCN1C(=O)c1n[nH]c2ccccc12. The first-order valence-corrected chi connectivity index (χ1v) is 7.78. The molecule has 0 bridgehead atoms. The fraction of sp³-hybridized carbons (Fsp3) is 0.438. The molecule has 2 N–H and O–H groups in total. The third-order valence-corrected chi connectivity index (χ3v) is 4.41. The molecule has 114 valence electrons. The Morgan fingerprint density at radius 1 is 1.23 bits per heavy atom. The second kappa shape index (κ2) is 5.12. The number of aromatic amines is 1. The van der Waals surface area contributed by atoms with Crippen LogP contribution in [-0.4, -0.2) is 45.5 Å². The van der Waals surface area contributed by atoms with Crippen LogP contribution in [0.3, 0.4) is 0 Å². The van der Waals surface area contributed by atoms with Crippen LogP contribution in [0.15, 0.2) is 24.3 Å². The summed E-state index contributed by atoms with van der Waals surface area (Å²) in [5.41, 5.74) is 1.24. The predicted molar refractivity (Wildman–Crippen MR) is 81.3 cm³/mol. The minimum Gasteiger partial charge on any atom is -0.352 e. The lowest BCUT2D eigenvalue weighted by Crippen LogP contribution is -2.46. The Labute approximate surface area is 127 Å². The summed E-state index contributed by atoms with van der Waals surface area (Å²) >= 11 is 0. The molecule has 2 aromatic rings. The number of hydrogen-bond acceptors (Lipinski definition) is 3. The smallest absolute Gasteiger partial charge is 0.275 e. The maximum absolute atomic E-state index is 12.8. The lowest BCUT2D eigenvalue weighted by atomic mass is 10.1. The fourth-order valence-corrected chi connectivity index (χ4v) is 3.07. The molecule has 1 aliphatic carbocycles. The number of hydrogen-bond donors (Lipinski definition) is 2. The zero-order valence-electron chi connectivity index (χ0n) is 12.2. The fourth-order valence-electron chi connectivity index (χ4n) is 3.07. The predicted octanol–water partition coefficient (Wildman–Crippen LogP) is 1.45. The van der Waals surface area contributed by atoms with Crippen LogP contribution in [0.4, 0.5) is 0 Å². The van der Waals surface area contributed by atoms with Crippen molar-refractivity contribution in [2.45, 2.75) is 37.8 Å². The first-order chi connectivity index (χ1) is 10.7. The summed E-state index contributed by atoms with van der Waals surface area (Å²) in [4.78, 5) is 26.8. The van der Waals surface area contributed by atoms with Crippen LogP contribution < -0.4 is 5.32 Å². The molecule has 2 aliphatic rings. The number of rotatable bonds is 3. The van der Waals surface area contributed by atoms with Crippen molar-refractivity contribution in [2.75, 3.05) is 6.54 Å². The number of nitrogens with zero attached hydrogens (tertiary/aromatic N) is 2. The third kappa shape index (κ3) is 2.24. The number of benzene rings is 1. The molecule has 0 unspecified atom stereocenters. The van der Waals surface area contributed by atoms with E-state index in [9.17, 15) is 9.59 Å². The van der Waals surface area contributed by atoms with Gasteiger partial charge in [-0.25, -0.2) is 0 Å². The van der Waals surface area contributed by atoms with Gasteiger partial charge in [-0.2, -0.15) is 5.10 Å². The molecule has 1 aliphatic heterocycles. The lowest BCUT2D eigenvalue weighted by molar-refractivity contribution is -0.125. The van der Waals surface area contributed by atoms with Gasteiger partial charge in [0, 0.05) is 18.0 Å². The van der Waals surface area contributed by atoms with Crippen molar-refractivity contribution in [1.82, 2.24) is 20.4 Å². The van der Waals surface area contributed by atoms with Gasteiger partial charge >= 0.3 is 0 Å². The highest BCUT2D eigenvalue weighted by Gasteiger charge is 2.37. The summed E-state index contributed by atoms with van der Waals surface area (Å²) in [6.45, 7) is 0.614. The number of nitrogens with one attached hydrogen (secondary N) is 2. The van der Waals surface area contributed by atoms with Crippen molar-refractivity contribution in [3.05, 3.63) is 30.0 Å². The molecule has 4 rings (SSSR count). The van der Waals surface area contributed by atoms with E-state index in [1.807, 2.05) is 24.3 Å². The molecule has 1 aromatic heterocycles. The Balaban J connectivity index is 1.59. The molecule has 2 heterocycles. The highest BCUT2D eigenvalue weighted by Crippen LogP contribution is 2.25. The average Bonchev–Trinajstić information content (AvgIpc) is 3.06. The van der Waals surface area contributed by atoms with E-state index in [1.165, 1.54) is 0 Å². The van der Waals surface area contributed by atoms with Crippen LogP contribution in [0.5, 0.6) is 0 Å². The molecule has 0 spiro atoms. The largest absolute Gasteiger partial charge is 0.352 e. The van der Waals surface area contributed by atoms with Crippen LogP contribution in [0.25, 0.3) is 10.9 Å². The normalized spacial score (nSPS) is 21.3. The maximum atomic E-state index is 12.8. The summed E-state index contributed by atoms with van der Waals surface area (Å²) in [5, 5.41) is 10.8. The van der Waals surface area contributed by atoms with Gasteiger partial charge < -0.3 is 10.2 Å². The molecule has 1 saturated carbocycles. The molecular formula is C16H18N4O2. The molecule has 0 radical (unpaired) electrons. The Hall–Kier alpha value is -2.37. The molecular weight excluding hydrogens is 280 g/mol. The van der Waals surface area contributed by atoms with Crippen molar-refractivity contribution < 1.29 is 9.59 Å². The van der Waals surface area contributed by atoms with Crippen LogP contribution in [0.1, 0.15) is 36.2 Å². The lowest BCUT2D eigenvalue weighted by Gasteiger charge is -2.23. The van der Waals surface area contributed by atoms with E-state index in [4.69, 9.17) is 0 Å². The van der Waals surface area contributed by atoms with E-state index in [0.717, 1.165) is 36.6 Å². The van der Waals surface area contributed by atoms with Gasteiger partial charge in [0.05, 0.1) is 5.52 Å². The molecule has 1 saturated heterocycles. The average molecular weight is 298 g/mol. The zero-order valence-corrected chi connectivity index (χ0v) is 12.2. The molecule has 2 fully saturated rings. The first-order valence-electron chi connectivity index (χ1n) is 7.78. The van der Waals surface area contributed by atoms with E-state index < -0.39 is 0 Å². The van der Waals surface area contributed by atoms with Crippen LogP contribution in [-0.2, 0) is 4.79 Å². The minimum atomic E-state index is -0.358. The van der Waals surface area contributed by atoms with Crippen molar-refractivity contribution in [1.29, 1.82) is 0 Å². The summed E-state index contributed by atoms with van der Waals surface area (Å²) in [7, 11) is 0. The first kappa shape index (κ1) is 13.3. The quantitative estimate of drug-likeness (QED) is 0.900. The molecule has 6 nitrogen and oxygen atoms in total. The van der Waals surface area contributed by atoms with Gasteiger partial charge in [0.15, 0.2) is 5.69 Å². The van der Waals surface area contributed by atoms with Crippen molar-refractivity contribution in [3.8, 4) is 0 Å². The van der Waals surface area contributed by atoms with Gasteiger partial charge in [-0.05, 0) is 31.7 Å². The number of carbonyl (C=O) groups excluding carboxylic acids is 2. The highest BCUT2D eigenvalue weighted by atomic mass is 16.2. The Morgan fingerprint density at radius 2 is 2.05 bits per heavy atom. The van der Waals surface area contributed by atoms with Gasteiger partial charge in [-0.15, -0.1) is 0 Å². The molecule has 2 amide bonds. The van der Waals surface area contributed by atoms with Gasteiger partial charge in [0.25, 0.3) is 5.91 Å². The van der Waals surface area contributed by atoms with E-state index in [-0.39, 0.29) is 17.9 Å². The van der Waals surface area contributed by atoms with Gasteiger partial charge in [0.1, 0.15) is 6.04 Å². The Kier molecular flexibility index (Phi) is 3.10. The number of fused-ring (bicyclic) bond motifs is 1. The van der Waals surface area contributed by atoms with Crippen LogP contribution in [0, 0.1) is 0 Å². The minimum absolute atomic E-state index is 0.0202. The van der Waals surface area contributed by atoms with Crippen LogP contribution in [0.2, 0.25) is 0 Å². The highest BCUT2D eigenvalue weighted by molar-refractivity contribution is 6.06. The molecule has 22 heavy (non-hydrogen) atoms. The molecule has 1 aromatic carbocycles. The van der Waals surface area contributed by atoms with Crippen LogP contribution >= 0.6 is 0 Å². The summed E-state index contributed by atoms with van der Waals surface area (Å²) in [6, 6.07) is 7.51. The number of H-pyrrole nitrogens is 1. The summed E-state index contributed by atoms with van der Waals surface area (Å²) in [5.74, 6) is -0.181. The van der Waals surface area contributed by atoms with E-state index >= 15 is 0 Å². The summed E-state index contributed by atoms with van der Waals surface area (Å²) in [6.07, 6.45) is 3.69. The van der Waals surface area contributed by atoms with E-state index in [0.29, 0.717) is 18.3 Å². The maximum Gasteiger partial charge on any atom is 0.275 e. The number of amides is 2. The van der Waals surface area contributed by atoms with Crippen molar-refractivity contribution >= 4 is 22.7 Å². The topological polar surface area (TPSA) is 78.1 Å². The number of likely N-dealkylation sites (tertiary alicyclic amines) is 1. The summed E-state index contributed by atoms with van der Waals surface area (Å²) < 4.78 is 0. The number of para-hydroxylation sites is 1. The second-order valence-corrected chi connectivity index (χ2v) is 6.06. The number of aromatic nitrogens is 2. The zero-order chi connectivity index (χ0) is 15.1.